The molecule has 0 aromatic carbocycles. The maximum absolute atomic E-state index is 10.1. The number of aliphatic carboxylic acids is 1. The molecule has 0 aromatic heterocycles. The molecule has 0 amide bonds. The summed E-state index contributed by atoms with van der Waals surface area (Å²) in [4.78, 5) is 10.1. The van der Waals surface area contributed by atoms with Crippen molar-refractivity contribution < 1.29 is 9.90 Å². The zero-order chi connectivity index (χ0) is 23.4. The second-order valence-corrected chi connectivity index (χ2v) is 18.0. The van der Waals surface area contributed by atoms with Crippen LogP contribution < -0.4 is 5.11 Å². The number of carbonyl (C=O) groups is 1. The molecule has 0 unspecified atom stereocenters. The Hall–Kier alpha value is 0.269. The minimum absolute atomic E-state index is 0.232. The standard InChI is InChI=1S/C12H24O2.C8H17.2C4H9.Sn/c1-2-3-4-5-6-7-8-9-10-11-12(13)14;1-3-5-7-8-6-4-2;2*1-3-4-2;/h2-11H2,1H3,(H,13,14);1,3-8H2,2H3;2*1,3-4H2,2H3;/q;;;;+1/p-1. The quantitative estimate of drug-likeness (QED) is 0.0949. The van der Waals surface area contributed by atoms with E-state index in [1.165, 1.54) is 103 Å². The van der Waals surface area contributed by atoms with Crippen molar-refractivity contribution in [3.8, 4) is 0 Å². The summed E-state index contributed by atoms with van der Waals surface area (Å²) < 4.78 is 5.08. The van der Waals surface area contributed by atoms with E-state index in [0.717, 1.165) is 12.8 Å². The first kappa shape index (κ1) is 33.4. The van der Waals surface area contributed by atoms with E-state index in [1.807, 2.05) is 0 Å². The van der Waals surface area contributed by atoms with Crippen LogP contribution in [0.1, 0.15) is 156 Å². The molecule has 0 spiro atoms. The molecule has 0 radical (unpaired) electrons. The SMILES string of the molecule is CCCCCCCCCCCC(=O)[O-].CCCCCCC[CH2][Sn+]([CH2]CCC)[CH2]CCC. The molecule has 0 aliphatic rings. The van der Waals surface area contributed by atoms with Crippen molar-refractivity contribution in [1.82, 2.24) is 0 Å². The third-order valence-electron chi connectivity index (χ3n) is 6.14. The van der Waals surface area contributed by atoms with Gasteiger partial charge in [0.2, 0.25) is 0 Å². The number of carbonyl (C=O) groups excluding carboxylic acids is 1. The van der Waals surface area contributed by atoms with Gasteiger partial charge in [-0.3, -0.25) is 0 Å². The van der Waals surface area contributed by atoms with E-state index in [1.54, 1.807) is 19.7 Å². The van der Waals surface area contributed by atoms with Crippen molar-refractivity contribution in [2.75, 3.05) is 0 Å². The van der Waals surface area contributed by atoms with Crippen molar-refractivity contribution in [1.29, 1.82) is 0 Å². The Labute approximate surface area is 204 Å². The summed E-state index contributed by atoms with van der Waals surface area (Å²) in [5, 5.41) is 10.1. The van der Waals surface area contributed by atoms with Crippen molar-refractivity contribution in [3.63, 3.8) is 0 Å². The van der Waals surface area contributed by atoms with E-state index >= 15 is 0 Å². The molecule has 186 valence electrons. The molecular weight excluding hydrogens is 487 g/mol. The van der Waals surface area contributed by atoms with E-state index in [-0.39, 0.29) is 6.42 Å². The van der Waals surface area contributed by atoms with Gasteiger partial charge in [0.25, 0.3) is 0 Å². The molecule has 2 nitrogen and oxygen atoms in total. The summed E-state index contributed by atoms with van der Waals surface area (Å²) in [6, 6.07) is 0. The Morgan fingerprint density at radius 2 is 0.806 bits per heavy atom. The van der Waals surface area contributed by atoms with Gasteiger partial charge in [0, 0.05) is 5.97 Å². The Balaban J connectivity index is 0. The second kappa shape index (κ2) is 30.3. The molecule has 0 aliphatic heterocycles. The Morgan fingerprint density at radius 3 is 1.19 bits per heavy atom. The molecule has 0 heterocycles. The van der Waals surface area contributed by atoms with Crippen LogP contribution in [0.4, 0.5) is 0 Å². The molecule has 0 atom stereocenters. The van der Waals surface area contributed by atoms with Crippen LogP contribution in [-0.4, -0.2) is 25.7 Å². The van der Waals surface area contributed by atoms with Gasteiger partial charge in [0.1, 0.15) is 0 Å². The molecule has 0 N–H and O–H groups in total. The number of carboxylic acid groups (broad SMARTS) is 1. The molecule has 0 saturated heterocycles. The average Bonchev–Trinajstić information content (AvgIpc) is 2.76. The van der Waals surface area contributed by atoms with E-state index in [0.29, 0.717) is 0 Å². The molecular formula is C28H58O2Sn. The average molecular weight is 545 g/mol. The first-order chi connectivity index (χ1) is 15.1. The van der Waals surface area contributed by atoms with Crippen LogP contribution in [0.2, 0.25) is 13.3 Å². The molecule has 0 fully saturated rings. The Kier molecular flexibility index (Phi) is 32.7. The first-order valence-electron chi connectivity index (χ1n) is 14.2. The van der Waals surface area contributed by atoms with Crippen molar-refractivity contribution in [2.24, 2.45) is 0 Å². The molecule has 0 aromatic rings. The molecule has 0 aliphatic carbocycles. The number of hydrogen-bond acceptors (Lipinski definition) is 2. The van der Waals surface area contributed by atoms with Crippen LogP contribution in [0, 0.1) is 0 Å². The minimum atomic E-state index is -0.909. The zero-order valence-corrected chi connectivity index (χ0v) is 24.9. The summed E-state index contributed by atoms with van der Waals surface area (Å²) in [5.74, 6) is -0.909. The van der Waals surface area contributed by atoms with Gasteiger partial charge < -0.3 is 9.90 Å². The van der Waals surface area contributed by atoms with E-state index in [4.69, 9.17) is 0 Å². The van der Waals surface area contributed by atoms with Crippen LogP contribution in [0.15, 0.2) is 0 Å². The molecule has 31 heavy (non-hydrogen) atoms. The topological polar surface area (TPSA) is 40.1 Å². The van der Waals surface area contributed by atoms with E-state index in [2.05, 4.69) is 27.7 Å². The summed E-state index contributed by atoms with van der Waals surface area (Å²) in [5.41, 5.74) is 0. The molecule has 0 rings (SSSR count). The number of carboxylic acids is 1. The monoisotopic (exact) mass is 546 g/mol. The van der Waals surface area contributed by atoms with Crippen LogP contribution in [0.25, 0.3) is 0 Å². The zero-order valence-electron chi connectivity index (χ0n) is 22.1. The van der Waals surface area contributed by atoms with Crippen LogP contribution in [0.5, 0.6) is 0 Å². The number of unbranched alkanes of at least 4 members (excludes halogenated alkanes) is 15. The van der Waals surface area contributed by atoms with Gasteiger partial charge in [-0.1, -0.05) is 58.3 Å². The van der Waals surface area contributed by atoms with Gasteiger partial charge in [-0.25, -0.2) is 0 Å². The van der Waals surface area contributed by atoms with Gasteiger partial charge in [-0.2, -0.15) is 0 Å². The van der Waals surface area contributed by atoms with Gasteiger partial charge in [-0.15, -0.1) is 0 Å². The van der Waals surface area contributed by atoms with Gasteiger partial charge in [0.05, 0.1) is 0 Å². The van der Waals surface area contributed by atoms with Gasteiger partial charge in [-0.05, 0) is 12.8 Å². The van der Waals surface area contributed by atoms with Crippen molar-refractivity contribution in [3.05, 3.63) is 0 Å². The summed E-state index contributed by atoms with van der Waals surface area (Å²) >= 11 is -0.898. The number of rotatable bonds is 23. The summed E-state index contributed by atoms with van der Waals surface area (Å²) in [6.45, 7) is 9.23. The normalized spacial score (nSPS) is 10.6. The van der Waals surface area contributed by atoms with Crippen molar-refractivity contribution >= 4 is 25.7 Å². The number of hydrogen-bond donors (Lipinski definition) is 0. The molecule has 0 bridgehead atoms. The molecule has 3 heteroatoms. The Bertz CT molecular complexity index is 325. The first-order valence-corrected chi connectivity index (χ1v) is 20.2. The Morgan fingerprint density at radius 1 is 0.484 bits per heavy atom. The van der Waals surface area contributed by atoms with Gasteiger partial charge in [0.15, 0.2) is 0 Å². The van der Waals surface area contributed by atoms with E-state index < -0.39 is 25.7 Å². The predicted molar refractivity (Wildman–Crippen MR) is 140 cm³/mol. The third kappa shape index (κ3) is 32.5. The summed E-state index contributed by atoms with van der Waals surface area (Å²) in [7, 11) is 0. The van der Waals surface area contributed by atoms with Crippen LogP contribution in [-0.2, 0) is 4.79 Å². The van der Waals surface area contributed by atoms with Crippen LogP contribution >= 0.6 is 0 Å². The predicted octanol–water partition coefficient (Wildman–Crippen LogP) is 9.10. The molecule has 0 saturated carbocycles. The third-order valence-corrected chi connectivity index (χ3v) is 15.2. The fraction of sp³-hybridized carbons (Fsp3) is 0.964. The second-order valence-electron chi connectivity index (χ2n) is 9.43. The summed E-state index contributed by atoms with van der Waals surface area (Å²) in [6.07, 6.45) is 26.0. The fourth-order valence-electron chi connectivity index (χ4n) is 3.96. The maximum atomic E-state index is 10.1. The van der Waals surface area contributed by atoms with E-state index in [9.17, 15) is 9.90 Å². The van der Waals surface area contributed by atoms with Crippen LogP contribution in [0.3, 0.4) is 0 Å². The van der Waals surface area contributed by atoms with Crippen molar-refractivity contribution in [2.45, 2.75) is 169 Å². The van der Waals surface area contributed by atoms with Gasteiger partial charge >= 0.3 is 118 Å². The fourth-order valence-corrected chi connectivity index (χ4v) is 13.1.